The maximum absolute atomic E-state index is 13.0. The SMILES string of the molecule is COc1cc(OC)c(C(=O)C2C=CC(=O)CC2C)c(OC)c1Cl. The minimum Gasteiger partial charge on any atom is -0.496 e. The third-order valence-electron chi connectivity index (χ3n) is 3.97. The first-order chi connectivity index (χ1) is 10.9. The maximum atomic E-state index is 13.0. The van der Waals surface area contributed by atoms with Crippen LogP contribution in [0, 0.1) is 11.8 Å². The van der Waals surface area contributed by atoms with Crippen LogP contribution < -0.4 is 14.2 Å². The largest absolute Gasteiger partial charge is 0.496 e. The van der Waals surface area contributed by atoms with Crippen molar-refractivity contribution in [2.24, 2.45) is 11.8 Å². The monoisotopic (exact) mass is 338 g/mol. The van der Waals surface area contributed by atoms with Crippen LogP contribution in [0.2, 0.25) is 5.02 Å². The van der Waals surface area contributed by atoms with E-state index in [-0.39, 0.29) is 33.8 Å². The van der Waals surface area contributed by atoms with Crippen molar-refractivity contribution in [3.05, 3.63) is 28.8 Å². The van der Waals surface area contributed by atoms with Crippen LogP contribution in [0.15, 0.2) is 18.2 Å². The Balaban J connectivity index is 2.57. The number of ketones is 2. The molecule has 0 aliphatic heterocycles. The normalized spacial score (nSPS) is 20.3. The van der Waals surface area contributed by atoms with Crippen LogP contribution >= 0.6 is 11.6 Å². The fraction of sp³-hybridized carbons (Fsp3) is 0.412. The van der Waals surface area contributed by atoms with E-state index in [9.17, 15) is 9.59 Å². The number of carbonyl (C=O) groups excluding carboxylic acids is 2. The van der Waals surface area contributed by atoms with Crippen LogP contribution in [0.5, 0.6) is 17.2 Å². The number of hydrogen-bond donors (Lipinski definition) is 0. The van der Waals surface area contributed by atoms with Crippen LogP contribution in [0.4, 0.5) is 0 Å². The number of ether oxygens (including phenoxy) is 3. The summed E-state index contributed by atoms with van der Waals surface area (Å²) in [6.45, 7) is 1.87. The van der Waals surface area contributed by atoms with E-state index in [4.69, 9.17) is 25.8 Å². The van der Waals surface area contributed by atoms with Crippen LogP contribution in [-0.4, -0.2) is 32.9 Å². The van der Waals surface area contributed by atoms with E-state index < -0.39 is 5.92 Å². The molecule has 0 N–H and O–H groups in total. The summed E-state index contributed by atoms with van der Waals surface area (Å²) >= 11 is 6.26. The van der Waals surface area contributed by atoms with Gasteiger partial charge in [0.25, 0.3) is 0 Å². The van der Waals surface area contributed by atoms with E-state index >= 15 is 0 Å². The minimum absolute atomic E-state index is 0.0215. The zero-order chi connectivity index (χ0) is 17.1. The lowest BCUT2D eigenvalue weighted by Gasteiger charge is -2.24. The van der Waals surface area contributed by atoms with Crippen molar-refractivity contribution >= 4 is 23.2 Å². The standard InChI is InChI=1S/C17H19ClO5/c1-9-7-10(19)5-6-11(9)16(20)14-12(21-2)8-13(22-3)15(18)17(14)23-4/h5-6,8-9,11H,7H2,1-4H3. The van der Waals surface area contributed by atoms with Gasteiger partial charge in [-0.1, -0.05) is 24.6 Å². The molecule has 0 saturated heterocycles. The van der Waals surface area contributed by atoms with E-state index in [1.54, 1.807) is 12.1 Å². The Labute approximate surface area is 140 Å². The summed E-state index contributed by atoms with van der Waals surface area (Å²) in [5.41, 5.74) is 0.261. The van der Waals surface area contributed by atoms with Gasteiger partial charge in [0.2, 0.25) is 0 Å². The van der Waals surface area contributed by atoms with Gasteiger partial charge in [-0.3, -0.25) is 9.59 Å². The van der Waals surface area contributed by atoms with Crippen LogP contribution in [0.25, 0.3) is 0 Å². The van der Waals surface area contributed by atoms with Gasteiger partial charge in [0.15, 0.2) is 17.3 Å². The first-order valence-electron chi connectivity index (χ1n) is 7.18. The number of hydrogen-bond acceptors (Lipinski definition) is 5. The van der Waals surface area contributed by atoms with Gasteiger partial charge in [-0.15, -0.1) is 0 Å². The van der Waals surface area contributed by atoms with Gasteiger partial charge in [-0.25, -0.2) is 0 Å². The van der Waals surface area contributed by atoms with Gasteiger partial charge in [0, 0.05) is 18.4 Å². The lowest BCUT2D eigenvalue weighted by molar-refractivity contribution is -0.115. The molecule has 0 heterocycles. The number of allylic oxidation sites excluding steroid dienone is 2. The van der Waals surface area contributed by atoms with Crippen molar-refractivity contribution in [1.29, 1.82) is 0 Å². The topological polar surface area (TPSA) is 61.8 Å². The molecule has 0 bridgehead atoms. The molecule has 1 aliphatic carbocycles. The van der Waals surface area contributed by atoms with Crippen molar-refractivity contribution < 1.29 is 23.8 Å². The average molecular weight is 339 g/mol. The second kappa shape index (κ2) is 7.04. The summed E-state index contributed by atoms with van der Waals surface area (Å²) in [7, 11) is 4.36. The molecule has 2 rings (SSSR count). The third kappa shape index (κ3) is 3.20. The van der Waals surface area contributed by atoms with Crippen molar-refractivity contribution in [2.75, 3.05) is 21.3 Å². The highest BCUT2D eigenvalue weighted by molar-refractivity contribution is 6.34. The molecule has 0 spiro atoms. The average Bonchev–Trinajstić information content (AvgIpc) is 2.53. The smallest absolute Gasteiger partial charge is 0.177 e. The zero-order valence-corrected chi connectivity index (χ0v) is 14.3. The molecule has 0 aromatic heterocycles. The summed E-state index contributed by atoms with van der Waals surface area (Å²) in [4.78, 5) is 24.5. The minimum atomic E-state index is -0.431. The molecular weight excluding hydrogens is 320 g/mol. The van der Waals surface area contributed by atoms with E-state index in [0.717, 1.165) is 0 Å². The van der Waals surface area contributed by atoms with Crippen molar-refractivity contribution in [3.8, 4) is 17.2 Å². The summed E-state index contributed by atoms with van der Waals surface area (Å²) in [5.74, 6) is 0.193. The van der Waals surface area contributed by atoms with Gasteiger partial charge >= 0.3 is 0 Å². The number of carbonyl (C=O) groups is 2. The molecule has 1 aromatic carbocycles. The van der Waals surface area contributed by atoms with E-state index in [1.165, 1.54) is 27.4 Å². The van der Waals surface area contributed by atoms with Gasteiger partial charge in [0.05, 0.1) is 21.3 Å². The van der Waals surface area contributed by atoms with Crippen LogP contribution in [0.3, 0.4) is 0 Å². The van der Waals surface area contributed by atoms with E-state index in [2.05, 4.69) is 0 Å². The number of methoxy groups -OCH3 is 3. The Kier molecular flexibility index (Phi) is 5.31. The second-order valence-electron chi connectivity index (χ2n) is 5.40. The molecule has 2 unspecified atom stereocenters. The number of benzene rings is 1. The van der Waals surface area contributed by atoms with Crippen LogP contribution in [0.1, 0.15) is 23.7 Å². The van der Waals surface area contributed by atoms with Crippen LogP contribution in [-0.2, 0) is 4.79 Å². The number of Topliss-reactive ketones (excluding diaryl/α,β-unsaturated/α-hetero) is 1. The predicted molar refractivity (Wildman–Crippen MR) is 86.9 cm³/mol. The first-order valence-corrected chi connectivity index (χ1v) is 7.56. The highest BCUT2D eigenvalue weighted by Crippen LogP contribution is 2.44. The molecule has 6 heteroatoms. The van der Waals surface area contributed by atoms with E-state index in [1.807, 2.05) is 6.92 Å². The Morgan fingerprint density at radius 2 is 1.83 bits per heavy atom. The molecule has 0 fully saturated rings. The summed E-state index contributed by atoms with van der Waals surface area (Å²) < 4.78 is 15.8. The Morgan fingerprint density at radius 3 is 2.35 bits per heavy atom. The molecular formula is C17H19ClO5. The fourth-order valence-corrected chi connectivity index (χ4v) is 3.05. The van der Waals surface area contributed by atoms with Gasteiger partial charge < -0.3 is 14.2 Å². The van der Waals surface area contributed by atoms with Crippen molar-refractivity contribution in [2.45, 2.75) is 13.3 Å². The first kappa shape index (κ1) is 17.3. The molecule has 0 saturated carbocycles. The van der Waals surface area contributed by atoms with Gasteiger partial charge in [-0.2, -0.15) is 0 Å². The Hall–Kier alpha value is -2.01. The molecule has 2 atom stereocenters. The maximum Gasteiger partial charge on any atom is 0.177 e. The fourth-order valence-electron chi connectivity index (χ4n) is 2.75. The predicted octanol–water partition coefficient (Wildman–Crippen LogP) is 3.33. The molecule has 0 amide bonds. The van der Waals surface area contributed by atoms with E-state index in [0.29, 0.717) is 17.9 Å². The number of rotatable bonds is 5. The quantitative estimate of drug-likeness (QED) is 0.771. The highest BCUT2D eigenvalue weighted by Gasteiger charge is 2.33. The molecule has 1 aromatic rings. The Bertz CT molecular complexity index is 665. The molecule has 124 valence electrons. The zero-order valence-electron chi connectivity index (χ0n) is 13.5. The lowest BCUT2D eigenvalue weighted by Crippen LogP contribution is -2.26. The highest BCUT2D eigenvalue weighted by atomic mass is 35.5. The molecule has 1 aliphatic rings. The molecule has 5 nitrogen and oxygen atoms in total. The molecule has 0 radical (unpaired) electrons. The lowest BCUT2D eigenvalue weighted by atomic mass is 9.80. The summed E-state index contributed by atoms with van der Waals surface area (Å²) in [6, 6.07) is 1.56. The third-order valence-corrected chi connectivity index (χ3v) is 4.33. The Morgan fingerprint density at radius 1 is 1.17 bits per heavy atom. The summed E-state index contributed by atoms with van der Waals surface area (Å²) in [5, 5.41) is 0.211. The summed E-state index contributed by atoms with van der Waals surface area (Å²) in [6.07, 6.45) is 3.42. The number of halogens is 1. The van der Waals surface area contributed by atoms with Crippen molar-refractivity contribution in [1.82, 2.24) is 0 Å². The van der Waals surface area contributed by atoms with Crippen molar-refractivity contribution in [3.63, 3.8) is 0 Å². The second-order valence-corrected chi connectivity index (χ2v) is 5.78. The van der Waals surface area contributed by atoms with Gasteiger partial charge in [-0.05, 0) is 12.0 Å². The molecule has 23 heavy (non-hydrogen) atoms. The van der Waals surface area contributed by atoms with Gasteiger partial charge in [0.1, 0.15) is 22.1 Å².